The quantitative estimate of drug-likeness (QED) is 0.921. The largest absolute Gasteiger partial charge is 0.345 e. The van der Waals surface area contributed by atoms with Crippen LogP contribution in [0.2, 0.25) is 0 Å². The zero-order valence-corrected chi connectivity index (χ0v) is 11.0. The van der Waals surface area contributed by atoms with Gasteiger partial charge in [-0.3, -0.25) is 0 Å². The van der Waals surface area contributed by atoms with Gasteiger partial charge in [-0.2, -0.15) is 4.31 Å². The van der Waals surface area contributed by atoms with Gasteiger partial charge in [0.05, 0.1) is 5.39 Å². The van der Waals surface area contributed by atoms with E-state index < -0.39 is 15.8 Å². The van der Waals surface area contributed by atoms with Crippen molar-refractivity contribution >= 4 is 21.1 Å². The van der Waals surface area contributed by atoms with Crippen molar-refractivity contribution in [3.05, 3.63) is 24.3 Å². The van der Waals surface area contributed by atoms with Gasteiger partial charge in [0.25, 0.3) is 0 Å². The number of halogens is 1. The summed E-state index contributed by atoms with van der Waals surface area (Å²) < 4.78 is 39.7. The third-order valence-electron chi connectivity index (χ3n) is 2.81. The molecule has 98 valence electrons. The van der Waals surface area contributed by atoms with Crippen molar-refractivity contribution in [1.29, 1.82) is 0 Å². The van der Waals surface area contributed by atoms with Crippen LogP contribution in [-0.2, 0) is 10.0 Å². The molecule has 0 saturated heterocycles. The molecule has 0 fully saturated rings. The Kier molecular flexibility index (Phi) is 3.36. The van der Waals surface area contributed by atoms with Crippen LogP contribution < -0.4 is 0 Å². The monoisotopic (exact) mass is 271 g/mol. The molecule has 7 heteroatoms. The van der Waals surface area contributed by atoms with E-state index in [0.29, 0.717) is 13.1 Å². The lowest BCUT2D eigenvalue weighted by atomic mass is 10.3. The summed E-state index contributed by atoms with van der Waals surface area (Å²) in [6, 6.07) is 1.15. The molecule has 0 atom stereocenters. The molecular weight excluding hydrogens is 257 g/mol. The highest BCUT2D eigenvalue weighted by molar-refractivity contribution is 7.89. The maximum Gasteiger partial charge on any atom is 0.245 e. The van der Waals surface area contributed by atoms with Gasteiger partial charge in [-0.25, -0.2) is 17.8 Å². The minimum absolute atomic E-state index is 0.0180. The van der Waals surface area contributed by atoms with Gasteiger partial charge in [0, 0.05) is 25.5 Å². The van der Waals surface area contributed by atoms with E-state index in [0.717, 1.165) is 6.07 Å². The van der Waals surface area contributed by atoms with Crippen molar-refractivity contribution in [3.8, 4) is 0 Å². The fourth-order valence-corrected chi connectivity index (χ4v) is 3.51. The normalized spacial score (nSPS) is 12.4. The molecule has 2 aromatic heterocycles. The summed E-state index contributed by atoms with van der Waals surface area (Å²) in [5.74, 6) is -0.591. The van der Waals surface area contributed by atoms with E-state index in [2.05, 4.69) is 9.97 Å². The second-order valence-corrected chi connectivity index (χ2v) is 5.66. The summed E-state index contributed by atoms with van der Waals surface area (Å²) >= 11 is 0. The first-order valence-corrected chi connectivity index (χ1v) is 7.08. The van der Waals surface area contributed by atoms with Gasteiger partial charge in [0.2, 0.25) is 10.0 Å². The maximum atomic E-state index is 13.7. The molecule has 0 unspecified atom stereocenters. The SMILES string of the molecule is CCN(CC)S(=O)(=O)c1c[nH]c2nccc(F)c12. The van der Waals surface area contributed by atoms with E-state index in [1.54, 1.807) is 13.8 Å². The molecule has 1 N–H and O–H groups in total. The summed E-state index contributed by atoms with van der Waals surface area (Å²) in [6.45, 7) is 4.16. The van der Waals surface area contributed by atoms with Crippen LogP contribution in [0.5, 0.6) is 0 Å². The molecule has 0 aliphatic rings. The third kappa shape index (κ3) is 1.89. The number of sulfonamides is 1. The lowest BCUT2D eigenvalue weighted by Crippen LogP contribution is -2.30. The van der Waals surface area contributed by atoms with E-state index in [4.69, 9.17) is 0 Å². The molecule has 0 saturated carbocycles. The Hall–Kier alpha value is -1.47. The molecule has 0 bridgehead atoms. The Bertz CT molecular complexity index is 662. The number of hydrogen-bond donors (Lipinski definition) is 1. The molecule has 5 nitrogen and oxygen atoms in total. The van der Waals surface area contributed by atoms with Gasteiger partial charge in [-0.05, 0) is 6.07 Å². The standard InChI is InChI=1S/C11H14FN3O2S/c1-3-15(4-2)18(16,17)9-7-14-11-10(9)8(12)5-6-13-11/h5-7H,3-4H2,1-2H3,(H,13,14). The van der Waals surface area contributed by atoms with E-state index >= 15 is 0 Å². The lowest BCUT2D eigenvalue weighted by Gasteiger charge is -2.17. The van der Waals surface area contributed by atoms with E-state index in [9.17, 15) is 12.8 Å². The number of aromatic nitrogens is 2. The molecule has 18 heavy (non-hydrogen) atoms. The smallest absolute Gasteiger partial charge is 0.245 e. The topological polar surface area (TPSA) is 66.1 Å². The summed E-state index contributed by atoms with van der Waals surface area (Å²) in [7, 11) is -3.68. The third-order valence-corrected chi connectivity index (χ3v) is 4.88. The number of nitrogens with zero attached hydrogens (tertiary/aromatic N) is 2. The second kappa shape index (κ2) is 4.66. The molecule has 0 aliphatic carbocycles. The minimum Gasteiger partial charge on any atom is -0.345 e. The molecule has 0 radical (unpaired) electrons. The zero-order valence-electron chi connectivity index (χ0n) is 10.1. The highest BCUT2D eigenvalue weighted by atomic mass is 32.2. The predicted molar refractivity (Wildman–Crippen MR) is 66.2 cm³/mol. The average molecular weight is 271 g/mol. The number of fused-ring (bicyclic) bond motifs is 1. The number of aromatic amines is 1. The Morgan fingerprint density at radius 1 is 1.39 bits per heavy atom. The number of H-pyrrole nitrogens is 1. The van der Waals surface area contributed by atoms with Crippen molar-refractivity contribution in [1.82, 2.24) is 14.3 Å². The molecular formula is C11H14FN3O2S. The molecule has 0 aromatic carbocycles. The van der Waals surface area contributed by atoms with E-state index in [1.807, 2.05) is 0 Å². The Morgan fingerprint density at radius 2 is 2.06 bits per heavy atom. The van der Waals surface area contributed by atoms with Crippen LogP contribution in [0.1, 0.15) is 13.8 Å². The van der Waals surface area contributed by atoms with Gasteiger partial charge in [0.1, 0.15) is 16.4 Å². The van der Waals surface area contributed by atoms with Crippen LogP contribution in [0.15, 0.2) is 23.4 Å². The number of rotatable bonds is 4. The molecule has 2 aromatic rings. The van der Waals surface area contributed by atoms with Gasteiger partial charge < -0.3 is 4.98 Å². The first kappa shape index (κ1) is 13.0. The highest BCUT2D eigenvalue weighted by Gasteiger charge is 2.26. The average Bonchev–Trinajstić information content (AvgIpc) is 2.76. The zero-order chi connectivity index (χ0) is 13.3. The van der Waals surface area contributed by atoms with Crippen molar-refractivity contribution in [3.63, 3.8) is 0 Å². The number of nitrogens with one attached hydrogen (secondary N) is 1. The van der Waals surface area contributed by atoms with Crippen LogP contribution in [-0.4, -0.2) is 35.8 Å². The lowest BCUT2D eigenvalue weighted by molar-refractivity contribution is 0.445. The fourth-order valence-electron chi connectivity index (χ4n) is 1.89. The summed E-state index contributed by atoms with van der Waals surface area (Å²) in [5.41, 5.74) is 0.237. The van der Waals surface area contributed by atoms with Gasteiger partial charge >= 0.3 is 0 Å². The van der Waals surface area contributed by atoms with Gasteiger partial charge in [-0.15, -0.1) is 0 Å². The van der Waals surface area contributed by atoms with Crippen molar-refractivity contribution in [2.45, 2.75) is 18.7 Å². The Balaban J connectivity index is 2.69. The molecule has 2 rings (SSSR count). The minimum atomic E-state index is -3.68. The van der Waals surface area contributed by atoms with Crippen molar-refractivity contribution < 1.29 is 12.8 Å². The second-order valence-electron chi connectivity index (χ2n) is 3.76. The van der Waals surface area contributed by atoms with E-state index in [1.165, 1.54) is 16.7 Å². The summed E-state index contributed by atoms with van der Waals surface area (Å²) in [6.07, 6.45) is 2.58. The fraction of sp³-hybridized carbons (Fsp3) is 0.364. The molecule has 2 heterocycles. The van der Waals surface area contributed by atoms with Crippen LogP contribution in [0.4, 0.5) is 4.39 Å². The Labute approximate surface area is 105 Å². The summed E-state index contributed by atoms with van der Waals surface area (Å²) in [5, 5.41) is 0.0180. The summed E-state index contributed by atoms with van der Waals surface area (Å²) in [4.78, 5) is 6.53. The number of pyridine rings is 1. The maximum absolute atomic E-state index is 13.7. The van der Waals surface area contributed by atoms with Gasteiger partial charge in [0.15, 0.2) is 0 Å². The first-order chi connectivity index (χ1) is 8.52. The van der Waals surface area contributed by atoms with Gasteiger partial charge in [-0.1, -0.05) is 13.8 Å². The van der Waals surface area contributed by atoms with Crippen LogP contribution in [0.3, 0.4) is 0 Å². The van der Waals surface area contributed by atoms with Crippen LogP contribution >= 0.6 is 0 Å². The molecule has 0 amide bonds. The Morgan fingerprint density at radius 3 is 2.67 bits per heavy atom. The number of hydrogen-bond acceptors (Lipinski definition) is 3. The van der Waals surface area contributed by atoms with E-state index in [-0.39, 0.29) is 15.9 Å². The first-order valence-electron chi connectivity index (χ1n) is 5.64. The molecule has 0 spiro atoms. The highest BCUT2D eigenvalue weighted by Crippen LogP contribution is 2.26. The molecule has 0 aliphatic heterocycles. The predicted octanol–water partition coefficient (Wildman–Crippen LogP) is 1.73. The van der Waals surface area contributed by atoms with Crippen molar-refractivity contribution in [2.75, 3.05) is 13.1 Å². The van der Waals surface area contributed by atoms with Crippen LogP contribution in [0.25, 0.3) is 11.0 Å². The van der Waals surface area contributed by atoms with Crippen LogP contribution in [0, 0.1) is 5.82 Å². The van der Waals surface area contributed by atoms with Crippen molar-refractivity contribution in [2.24, 2.45) is 0 Å².